The average molecular weight is 512 g/mol. The third-order valence-corrected chi connectivity index (χ3v) is 12.2. The van der Waals surface area contributed by atoms with E-state index in [0.717, 1.165) is 6.42 Å². The summed E-state index contributed by atoms with van der Waals surface area (Å²) in [5.41, 5.74) is 4.78. The molecule has 0 aromatic rings. The van der Waals surface area contributed by atoms with Gasteiger partial charge in [0, 0.05) is 38.6 Å². The fraction of sp³-hybridized carbons (Fsp3) is 0.957. The molecular formula is C23H41BN4O6S. The highest BCUT2D eigenvalue weighted by molar-refractivity contribution is 7.86. The van der Waals surface area contributed by atoms with Crippen LogP contribution in [0.15, 0.2) is 0 Å². The summed E-state index contributed by atoms with van der Waals surface area (Å²) in [6.07, 6.45) is 4.17. The molecule has 6 aliphatic rings. The third kappa shape index (κ3) is 3.90. The van der Waals surface area contributed by atoms with Crippen LogP contribution in [0.3, 0.4) is 0 Å². The van der Waals surface area contributed by atoms with Gasteiger partial charge in [0.1, 0.15) is 5.54 Å². The first-order valence-corrected chi connectivity index (χ1v) is 14.6. The lowest BCUT2D eigenvalue weighted by Gasteiger charge is -2.64. The molecule has 198 valence electrons. The van der Waals surface area contributed by atoms with Crippen molar-refractivity contribution in [1.82, 2.24) is 13.9 Å². The second kappa shape index (κ2) is 8.64. The number of likely N-dealkylation sites (N-methyl/N-ethyl adjacent to an activating group) is 1. The van der Waals surface area contributed by atoms with Crippen LogP contribution in [0.25, 0.3) is 0 Å². The number of hydrogen-bond donors (Lipinski definition) is 3. The molecule has 4 N–H and O–H groups in total. The van der Waals surface area contributed by atoms with Gasteiger partial charge in [-0.25, -0.2) is 0 Å². The lowest BCUT2D eigenvalue weighted by Crippen LogP contribution is -2.65. The number of nitrogens with zero attached hydrogens (tertiary/aromatic N) is 2. The van der Waals surface area contributed by atoms with Crippen LogP contribution >= 0.6 is 0 Å². The molecule has 0 spiro atoms. The van der Waals surface area contributed by atoms with Gasteiger partial charge in [-0.1, -0.05) is 27.2 Å². The number of nitrogens with one attached hydrogen (secondary N) is 1. The predicted molar refractivity (Wildman–Crippen MR) is 132 cm³/mol. The van der Waals surface area contributed by atoms with E-state index in [4.69, 9.17) is 15.0 Å². The van der Waals surface area contributed by atoms with E-state index in [2.05, 4.69) is 26.1 Å². The fourth-order valence-electron chi connectivity index (χ4n) is 7.50. The van der Waals surface area contributed by atoms with Crippen molar-refractivity contribution in [3.8, 4) is 0 Å². The molecule has 0 aromatic heterocycles. The largest absolute Gasteiger partial charge is 0.480 e. The van der Waals surface area contributed by atoms with Crippen molar-refractivity contribution >= 4 is 23.3 Å². The normalized spacial score (nSPS) is 41.0. The predicted octanol–water partition coefficient (Wildman–Crippen LogP) is 0.747. The Kier molecular flexibility index (Phi) is 6.39. The molecule has 12 heteroatoms. The van der Waals surface area contributed by atoms with Crippen molar-refractivity contribution in [3.05, 3.63) is 0 Å². The van der Waals surface area contributed by atoms with Crippen molar-refractivity contribution < 1.29 is 27.6 Å². The quantitative estimate of drug-likeness (QED) is 0.386. The van der Waals surface area contributed by atoms with Gasteiger partial charge in [0.25, 0.3) is 10.2 Å². The van der Waals surface area contributed by atoms with E-state index in [1.165, 1.54) is 15.0 Å². The van der Waals surface area contributed by atoms with Crippen LogP contribution in [0, 0.1) is 23.2 Å². The molecule has 3 aliphatic carbocycles. The number of aliphatic carboxylic acids is 1. The molecule has 3 saturated heterocycles. The molecule has 6 rings (SSSR count). The van der Waals surface area contributed by atoms with Crippen LogP contribution < -0.4 is 11.1 Å². The first-order chi connectivity index (χ1) is 16.3. The molecule has 0 amide bonds. The van der Waals surface area contributed by atoms with Gasteiger partial charge < -0.3 is 25.5 Å². The van der Waals surface area contributed by atoms with Gasteiger partial charge >= 0.3 is 13.1 Å². The second-order valence-corrected chi connectivity index (χ2v) is 14.1. The molecule has 3 heterocycles. The fourth-order valence-corrected chi connectivity index (χ4v) is 9.40. The summed E-state index contributed by atoms with van der Waals surface area (Å²) in [6, 6.07) is -0.0985. The Hall–Kier alpha value is -0.755. The van der Waals surface area contributed by atoms with Gasteiger partial charge in [0.2, 0.25) is 0 Å². The SMILES string of the molecule is CCN(C1CNC1)S(=O)(=O)N1C[C@H](CCCB2O[C@H]3C[C@H]4C[C@H](C4(C)C)[C@@]3(C)O2)[C@](N)(C(=O)O)C1. The lowest BCUT2D eigenvalue weighted by atomic mass is 9.43. The first kappa shape index (κ1) is 25.9. The molecule has 2 bridgehead atoms. The molecule has 10 nitrogen and oxygen atoms in total. The van der Waals surface area contributed by atoms with Crippen molar-refractivity contribution in [2.24, 2.45) is 28.9 Å². The highest BCUT2D eigenvalue weighted by Crippen LogP contribution is 2.65. The summed E-state index contributed by atoms with van der Waals surface area (Å²) in [5.74, 6) is -0.443. The van der Waals surface area contributed by atoms with E-state index in [9.17, 15) is 18.3 Å². The topological polar surface area (TPSA) is 134 Å². The lowest BCUT2D eigenvalue weighted by molar-refractivity contribution is -0.199. The highest BCUT2D eigenvalue weighted by atomic mass is 32.2. The Labute approximate surface area is 209 Å². The number of hydrogen-bond acceptors (Lipinski definition) is 7. The molecule has 3 saturated carbocycles. The van der Waals surface area contributed by atoms with Crippen LogP contribution in [-0.2, 0) is 24.3 Å². The van der Waals surface area contributed by atoms with Gasteiger partial charge in [0.15, 0.2) is 0 Å². The van der Waals surface area contributed by atoms with Crippen LogP contribution in [0.4, 0.5) is 0 Å². The van der Waals surface area contributed by atoms with Gasteiger partial charge in [0.05, 0.1) is 17.7 Å². The highest BCUT2D eigenvalue weighted by Gasteiger charge is 2.67. The molecule has 6 fully saturated rings. The molecule has 0 unspecified atom stereocenters. The molecule has 6 atom stereocenters. The van der Waals surface area contributed by atoms with Crippen LogP contribution in [0.5, 0.6) is 0 Å². The Morgan fingerprint density at radius 2 is 2.00 bits per heavy atom. The maximum atomic E-state index is 13.3. The monoisotopic (exact) mass is 512 g/mol. The number of nitrogens with two attached hydrogens (primary N) is 1. The van der Waals surface area contributed by atoms with Gasteiger partial charge in [-0.2, -0.15) is 17.0 Å². The van der Waals surface area contributed by atoms with Crippen LogP contribution in [-0.4, -0.2) is 91.2 Å². The van der Waals surface area contributed by atoms with Gasteiger partial charge in [-0.05, 0) is 49.8 Å². The number of rotatable bonds is 9. The Balaban J connectivity index is 1.21. The van der Waals surface area contributed by atoms with Gasteiger partial charge in [-0.3, -0.25) is 4.79 Å². The zero-order valence-electron chi connectivity index (χ0n) is 21.4. The van der Waals surface area contributed by atoms with E-state index < -0.39 is 27.6 Å². The van der Waals surface area contributed by atoms with Gasteiger partial charge in [-0.15, -0.1) is 0 Å². The minimum atomic E-state index is -3.79. The standard InChI is InChI=1S/C23H41BN4O6S/c1-5-28(17-11-26-12-17)35(31,32)27-13-15(23(25,14-27)20(29)30)7-6-8-24-33-19-10-16-9-18(21(16,2)3)22(19,4)34-24/h15-19,26H,5-14,25H2,1-4H3,(H,29,30)/t15-,16+,18+,19-,22+,23-/m0/s1. The molecule has 3 aliphatic heterocycles. The third-order valence-electron chi connectivity index (χ3n) is 10.1. The van der Waals surface area contributed by atoms with E-state index >= 15 is 0 Å². The number of carbonyl (C=O) groups is 1. The Morgan fingerprint density at radius 1 is 1.29 bits per heavy atom. The molecule has 0 aromatic carbocycles. The Bertz CT molecular complexity index is 964. The maximum absolute atomic E-state index is 13.3. The van der Waals surface area contributed by atoms with Crippen molar-refractivity contribution in [3.63, 3.8) is 0 Å². The van der Waals surface area contributed by atoms with Crippen molar-refractivity contribution in [1.29, 1.82) is 0 Å². The van der Waals surface area contributed by atoms with E-state index in [0.29, 0.717) is 50.6 Å². The average Bonchev–Trinajstić information content (AvgIpc) is 3.27. The summed E-state index contributed by atoms with van der Waals surface area (Å²) in [6.45, 7) is 10.1. The molecule has 35 heavy (non-hydrogen) atoms. The summed E-state index contributed by atoms with van der Waals surface area (Å²) in [4.78, 5) is 12.2. The summed E-state index contributed by atoms with van der Waals surface area (Å²) < 4.78 is 42.2. The second-order valence-electron chi connectivity index (χ2n) is 12.2. The number of carboxylic acid groups (broad SMARTS) is 1. The summed E-state index contributed by atoms with van der Waals surface area (Å²) in [5, 5.41) is 13.0. The van der Waals surface area contributed by atoms with E-state index in [1.54, 1.807) is 6.92 Å². The summed E-state index contributed by atoms with van der Waals surface area (Å²) >= 11 is 0. The first-order valence-electron chi connectivity index (χ1n) is 13.2. The molecular weight excluding hydrogens is 471 g/mol. The zero-order chi connectivity index (χ0) is 25.4. The van der Waals surface area contributed by atoms with E-state index in [1.807, 2.05) is 0 Å². The zero-order valence-corrected chi connectivity index (χ0v) is 22.2. The minimum absolute atomic E-state index is 0.0985. The Morgan fingerprint density at radius 3 is 2.57 bits per heavy atom. The van der Waals surface area contributed by atoms with E-state index in [-0.39, 0.29) is 43.4 Å². The van der Waals surface area contributed by atoms with Crippen molar-refractivity contribution in [2.75, 3.05) is 32.7 Å². The maximum Gasteiger partial charge on any atom is 0.457 e. The van der Waals surface area contributed by atoms with Crippen LogP contribution in [0.1, 0.15) is 53.4 Å². The smallest absolute Gasteiger partial charge is 0.457 e. The minimum Gasteiger partial charge on any atom is -0.480 e. The molecule has 0 radical (unpaired) electrons. The summed E-state index contributed by atoms with van der Waals surface area (Å²) in [7, 11) is -4.10. The number of carboxylic acids is 1. The van der Waals surface area contributed by atoms with Crippen molar-refractivity contribution in [2.45, 2.75) is 83.0 Å². The van der Waals surface area contributed by atoms with Crippen LogP contribution in [0.2, 0.25) is 6.32 Å².